The minimum Gasteiger partial charge on any atom is -0.438 e. The van der Waals surface area contributed by atoms with Gasteiger partial charge in [0.15, 0.2) is 0 Å². The Balaban J connectivity index is 2.23. The number of hydrogen-bond donors (Lipinski definition) is 1. The van der Waals surface area contributed by atoms with Crippen LogP contribution in [0.3, 0.4) is 0 Å². The summed E-state index contributed by atoms with van der Waals surface area (Å²) in [4.78, 5) is 4.01. The standard InChI is InChI=1S/C12H8BrN3O/c13-10-5-9(15)2-3-11(10)17-12-4-1-8(6-14)7-16-12/h1-5,7H,15H2. The van der Waals surface area contributed by atoms with E-state index in [1.54, 1.807) is 30.3 Å². The zero-order valence-corrected chi connectivity index (χ0v) is 10.3. The van der Waals surface area contributed by atoms with Crippen molar-refractivity contribution in [2.75, 3.05) is 5.73 Å². The van der Waals surface area contributed by atoms with Gasteiger partial charge in [-0.3, -0.25) is 0 Å². The molecule has 5 heteroatoms. The smallest absolute Gasteiger partial charge is 0.219 e. The number of halogens is 1. The summed E-state index contributed by atoms with van der Waals surface area (Å²) >= 11 is 3.35. The molecule has 0 fully saturated rings. The van der Waals surface area contributed by atoms with E-state index in [2.05, 4.69) is 20.9 Å². The third kappa shape index (κ3) is 2.74. The van der Waals surface area contributed by atoms with E-state index in [1.165, 1.54) is 6.20 Å². The molecule has 0 amide bonds. The minimum atomic E-state index is 0.425. The first-order chi connectivity index (χ1) is 8.19. The molecular weight excluding hydrogens is 282 g/mol. The van der Waals surface area contributed by atoms with Crippen molar-refractivity contribution in [1.29, 1.82) is 5.26 Å². The fourth-order valence-corrected chi connectivity index (χ4v) is 1.70. The van der Waals surface area contributed by atoms with Crippen LogP contribution in [0.5, 0.6) is 11.6 Å². The highest BCUT2D eigenvalue weighted by molar-refractivity contribution is 9.10. The topological polar surface area (TPSA) is 71.9 Å². The lowest BCUT2D eigenvalue weighted by Crippen LogP contribution is -1.91. The van der Waals surface area contributed by atoms with Crippen LogP contribution in [0.4, 0.5) is 5.69 Å². The predicted octanol–water partition coefficient (Wildman–Crippen LogP) is 3.09. The highest BCUT2D eigenvalue weighted by atomic mass is 79.9. The SMILES string of the molecule is N#Cc1ccc(Oc2ccc(N)cc2Br)nc1. The summed E-state index contributed by atoms with van der Waals surface area (Å²) in [6, 6.07) is 10.5. The van der Waals surface area contributed by atoms with E-state index in [-0.39, 0.29) is 0 Å². The maximum atomic E-state index is 8.64. The molecule has 0 bridgehead atoms. The quantitative estimate of drug-likeness (QED) is 0.863. The predicted molar refractivity (Wildman–Crippen MR) is 67.6 cm³/mol. The largest absolute Gasteiger partial charge is 0.438 e. The summed E-state index contributed by atoms with van der Waals surface area (Å²) in [6.07, 6.45) is 1.46. The molecule has 17 heavy (non-hydrogen) atoms. The van der Waals surface area contributed by atoms with Crippen LogP contribution in [-0.4, -0.2) is 4.98 Å². The lowest BCUT2D eigenvalue weighted by Gasteiger charge is -2.07. The molecule has 1 aromatic carbocycles. The lowest BCUT2D eigenvalue weighted by molar-refractivity contribution is 0.460. The maximum absolute atomic E-state index is 8.64. The van der Waals surface area contributed by atoms with Gasteiger partial charge in [-0.15, -0.1) is 0 Å². The Morgan fingerprint density at radius 3 is 2.71 bits per heavy atom. The zero-order chi connectivity index (χ0) is 12.3. The maximum Gasteiger partial charge on any atom is 0.219 e. The first-order valence-electron chi connectivity index (χ1n) is 4.78. The number of pyridine rings is 1. The molecule has 0 aliphatic carbocycles. The monoisotopic (exact) mass is 289 g/mol. The molecule has 0 spiro atoms. The van der Waals surface area contributed by atoms with Gasteiger partial charge in [-0.05, 0) is 40.2 Å². The fourth-order valence-electron chi connectivity index (χ4n) is 1.22. The minimum absolute atomic E-state index is 0.425. The second-order valence-corrected chi connectivity index (χ2v) is 4.14. The summed E-state index contributed by atoms with van der Waals surface area (Å²) in [6.45, 7) is 0. The molecule has 2 aromatic rings. The molecule has 1 aromatic heterocycles. The van der Waals surface area contributed by atoms with Gasteiger partial charge in [0.25, 0.3) is 0 Å². The number of anilines is 1. The van der Waals surface area contributed by atoms with Crippen LogP contribution in [-0.2, 0) is 0 Å². The van der Waals surface area contributed by atoms with E-state index < -0.39 is 0 Å². The van der Waals surface area contributed by atoms with Gasteiger partial charge < -0.3 is 10.5 Å². The number of ether oxygens (including phenoxy) is 1. The molecule has 0 aliphatic heterocycles. The van der Waals surface area contributed by atoms with Crippen LogP contribution in [0.2, 0.25) is 0 Å². The summed E-state index contributed by atoms with van der Waals surface area (Å²) in [5.74, 6) is 1.05. The molecule has 0 saturated heterocycles. The number of aromatic nitrogens is 1. The van der Waals surface area contributed by atoms with Crippen molar-refractivity contribution in [1.82, 2.24) is 4.98 Å². The van der Waals surface area contributed by atoms with E-state index in [0.717, 1.165) is 4.47 Å². The third-order valence-electron chi connectivity index (χ3n) is 2.04. The van der Waals surface area contributed by atoms with Crippen molar-refractivity contribution in [3.05, 3.63) is 46.6 Å². The normalized spacial score (nSPS) is 9.65. The van der Waals surface area contributed by atoms with Gasteiger partial charge in [0.05, 0.1) is 10.0 Å². The molecule has 0 aliphatic rings. The molecule has 0 unspecified atom stereocenters. The van der Waals surface area contributed by atoms with Crippen LogP contribution >= 0.6 is 15.9 Å². The van der Waals surface area contributed by atoms with E-state index in [9.17, 15) is 0 Å². The van der Waals surface area contributed by atoms with E-state index in [0.29, 0.717) is 22.9 Å². The molecular formula is C12H8BrN3O. The summed E-state index contributed by atoms with van der Waals surface area (Å²) in [5.41, 5.74) is 6.77. The molecule has 0 radical (unpaired) electrons. The van der Waals surface area contributed by atoms with Crippen molar-refractivity contribution >= 4 is 21.6 Å². The van der Waals surface area contributed by atoms with Crippen molar-refractivity contribution in [2.45, 2.75) is 0 Å². The molecule has 84 valence electrons. The molecule has 2 N–H and O–H groups in total. The van der Waals surface area contributed by atoms with Crippen molar-refractivity contribution in [3.63, 3.8) is 0 Å². The highest BCUT2D eigenvalue weighted by Crippen LogP contribution is 2.30. The van der Waals surface area contributed by atoms with Crippen LogP contribution in [0, 0.1) is 11.3 Å². The zero-order valence-electron chi connectivity index (χ0n) is 8.72. The number of benzene rings is 1. The third-order valence-corrected chi connectivity index (χ3v) is 2.66. The summed E-state index contributed by atoms with van der Waals surface area (Å²) < 4.78 is 6.29. The second-order valence-electron chi connectivity index (χ2n) is 3.29. The van der Waals surface area contributed by atoms with Crippen LogP contribution in [0.1, 0.15) is 5.56 Å². The van der Waals surface area contributed by atoms with Gasteiger partial charge in [0.1, 0.15) is 11.8 Å². The average molecular weight is 290 g/mol. The van der Waals surface area contributed by atoms with Gasteiger partial charge in [-0.25, -0.2) is 4.98 Å². The van der Waals surface area contributed by atoms with E-state index in [4.69, 9.17) is 15.7 Å². The van der Waals surface area contributed by atoms with Crippen LogP contribution in [0.15, 0.2) is 41.0 Å². The van der Waals surface area contributed by atoms with E-state index >= 15 is 0 Å². The Morgan fingerprint density at radius 2 is 2.12 bits per heavy atom. The van der Waals surface area contributed by atoms with Gasteiger partial charge in [-0.1, -0.05) is 0 Å². The number of nitrogens with zero attached hydrogens (tertiary/aromatic N) is 2. The Hall–Kier alpha value is -2.06. The average Bonchev–Trinajstić information content (AvgIpc) is 2.34. The van der Waals surface area contributed by atoms with Gasteiger partial charge >= 0.3 is 0 Å². The Kier molecular flexibility index (Phi) is 3.26. The first kappa shape index (κ1) is 11.4. The molecule has 1 heterocycles. The highest BCUT2D eigenvalue weighted by Gasteiger charge is 2.04. The van der Waals surface area contributed by atoms with Crippen LogP contribution in [0.25, 0.3) is 0 Å². The Bertz CT molecular complexity index is 575. The van der Waals surface area contributed by atoms with Gasteiger partial charge in [0.2, 0.25) is 5.88 Å². The van der Waals surface area contributed by atoms with Crippen molar-refractivity contribution in [2.24, 2.45) is 0 Å². The Labute approximate surface area is 107 Å². The first-order valence-corrected chi connectivity index (χ1v) is 5.57. The Morgan fingerprint density at radius 1 is 1.29 bits per heavy atom. The number of nitrogens with two attached hydrogens (primary N) is 1. The second kappa shape index (κ2) is 4.85. The molecule has 0 atom stereocenters. The van der Waals surface area contributed by atoms with Gasteiger partial charge in [0, 0.05) is 18.0 Å². The summed E-state index contributed by atoms with van der Waals surface area (Å²) in [5, 5.41) is 8.64. The molecule has 0 saturated carbocycles. The number of nitriles is 1. The van der Waals surface area contributed by atoms with Crippen molar-refractivity contribution in [3.8, 4) is 17.7 Å². The van der Waals surface area contributed by atoms with E-state index in [1.807, 2.05) is 6.07 Å². The number of nitrogen functional groups attached to an aromatic ring is 1. The lowest BCUT2D eigenvalue weighted by atomic mass is 10.3. The number of hydrogen-bond acceptors (Lipinski definition) is 4. The van der Waals surface area contributed by atoms with Crippen molar-refractivity contribution < 1.29 is 4.74 Å². The number of rotatable bonds is 2. The van der Waals surface area contributed by atoms with Crippen LogP contribution < -0.4 is 10.5 Å². The fraction of sp³-hybridized carbons (Fsp3) is 0. The van der Waals surface area contributed by atoms with Gasteiger partial charge in [-0.2, -0.15) is 5.26 Å². The molecule has 4 nitrogen and oxygen atoms in total. The molecule has 2 rings (SSSR count). The summed E-state index contributed by atoms with van der Waals surface area (Å²) in [7, 11) is 0.